The summed E-state index contributed by atoms with van der Waals surface area (Å²) in [4.78, 5) is 0.737. The third-order valence-corrected chi connectivity index (χ3v) is 3.54. The van der Waals surface area contributed by atoms with Crippen LogP contribution in [0.15, 0.2) is 18.2 Å². The van der Waals surface area contributed by atoms with Crippen molar-refractivity contribution in [3.63, 3.8) is 0 Å². The van der Waals surface area contributed by atoms with Gasteiger partial charge in [-0.25, -0.2) is 8.78 Å². The van der Waals surface area contributed by atoms with Gasteiger partial charge in [0.2, 0.25) is 0 Å². The second-order valence-electron chi connectivity index (χ2n) is 3.85. The molecule has 1 N–H and O–H groups in total. The molecule has 0 fully saturated rings. The summed E-state index contributed by atoms with van der Waals surface area (Å²) in [6.07, 6.45) is 0. The molecule has 0 radical (unpaired) electrons. The molecule has 2 rings (SSSR count). The molecule has 0 aliphatic carbocycles. The largest absolute Gasteiger partial charge is 0.306 e. The van der Waals surface area contributed by atoms with Gasteiger partial charge in [-0.3, -0.25) is 0 Å². The lowest BCUT2D eigenvalue weighted by Crippen LogP contribution is -2.24. The Bertz CT molecular complexity index is 522. The van der Waals surface area contributed by atoms with Crippen molar-refractivity contribution in [2.75, 3.05) is 6.54 Å². The predicted molar refractivity (Wildman–Crippen MR) is 66.5 cm³/mol. The molecule has 0 saturated carbocycles. The second-order valence-corrected chi connectivity index (χ2v) is 4.63. The normalized spacial score (nSPS) is 12.7. The van der Waals surface area contributed by atoms with Crippen molar-refractivity contribution in [3.05, 3.63) is 46.0 Å². The van der Waals surface area contributed by atoms with Gasteiger partial charge in [0, 0.05) is 5.56 Å². The Hall–Kier alpha value is -1.40. The van der Waals surface area contributed by atoms with E-state index in [1.54, 1.807) is 6.92 Å². The van der Waals surface area contributed by atoms with E-state index in [0.29, 0.717) is 12.2 Å². The fraction of sp³-hybridized carbons (Fsp3) is 0.333. The van der Waals surface area contributed by atoms with Gasteiger partial charge >= 0.3 is 0 Å². The highest BCUT2D eigenvalue weighted by Gasteiger charge is 2.24. The Morgan fingerprint density at radius 3 is 2.50 bits per heavy atom. The third kappa shape index (κ3) is 2.39. The fourth-order valence-electron chi connectivity index (χ4n) is 1.82. The maximum atomic E-state index is 13.8. The maximum absolute atomic E-state index is 13.8. The third-order valence-electron chi connectivity index (χ3n) is 2.65. The molecule has 1 aromatic heterocycles. The summed E-state index contributed by atoms with van der Waals surface area (Å²) >= 11 is 1.15. The quantitative estimate of drug-likeness (QED) is 0.927. The molecule has 0 amide bonds. The number of benzene rings is 1. The van der Waals surface area contributed by atoms with E-state index in [2.05, 4.69) is 14.9 Å². The molecule has 0 aliphatic rings. The highest BCUT2D eigenvalue weighted by Crippen LogP contribution is 2.30. The van der Waals surface area contributed by atoms with Crippen molar-refractivity contribution >= 4 is 11.5 Å². The topological polar surface area (TPSA) is 37.8 Å². The van der Waals surface area contributed by atoms with E-state index in [-0.39, 0.29) is 5.56 Å². The van der Waals surface area contributed by atoms with Crippen molar-refractivity contribution in [2.24, 2.45) is 0 Å². The van der Waals surface area contributed by atoms with Crippen LogP contribution >= 0.6 is 11.5 Å². The first-order valence-electron chi connectivity index (χ1n) is 5.61. The summed E-state index contributed by atoms with van der Waals surface area (Å²) in [7, 11) is 0. The van der Waals surface area contributed by atoms with Gasteiger partial charge in [0.25, 0.3) is 0 Å². The Balaban J connectivity index is 2.52. The van der Waals surface area contributed by atoms with Crippen molar-refractivity contribution in [1.29, 1.82) is 0 Å². The fourth-order valence-corrected chi connectivity index (χ4v) is 2.55. The molecule has 18 heavy (non-hydrogen) atoms. The average molecular weight is 269 g/mol. The number of nitrogens with one attached hydrogen (secondary N) is 1. The summed E-state index contributed by atoms with van der Waals surface area (Å²) < 4.78 is 31.5. The Kier molecular flexibility index (Phi) is 3.98. The van der Waals surface area contributed by atoms with Crippen LogP contribution in [-0.2, 0) is 0 Å². The standard InChI is InChI=1S/C12H13F2N3S/c1-3-15-11(12-7(2)16-17-18-12)10-8(13)5-4-6-9(10)14/h4-6,11,15H,3H2,1-2H3. The van der Waals surface area contributed by atoms with Crippen LogP contribution in [0.5, 0.6) is 0 Å². The van der Waals surface area contributed by atoms with Gasteiger partial charge in [0.15, 0.2) is 0 Å². The van der Waals surface area contributed by atoms with Gasteiger partial charge in [0.05, 0.1) is 16.6 Å². The number of rotatable bonds is 4. The van der Waals surface area contributed by atoms with Gasteiger partial charge in [0.1, 0.15) is 11.6 Å². The molecule has 3 nitrogen and oxygen atoms in total. The number of aromatic nitrogens is 2. The molecule has 96 valence electrons. The van der Waals surface area contributed by atoms with Gasteiger partial charge in [-0.1, -0.05) is 17.5 Å². The van der Waals surface area contributed by atoms with E-state index in [9.17, 15) is 8.78 Å². The Morgan fingerprint density at radius 2 is 2.00 bits per heavy atom. The molecule has 0 bridgehead atoms. The summed E-state index contributed by atoms with van der Waals surface area (Å²) in [6, 6.07) is 3.32. The molecule has 1 atom stereocenters. The van der Waals surface area contributed by atoms with E-state index in [4.69, 9.17) is 0 Å². The van der Waals surface area contributed by atoms with Crippen LogP contribution in [0.25, 0.3) is 0 Å². The Labute approximate surface area is 108 Å². The number of nitrogens with zero attached hydrogens (tertiary/aromatic N) is 2. The Morgan fingerprint density at radius 1 is 1.33 bits per heavy atom. The number of aryl methyl sites for hydroxylation is 1. The van der Waals surface area contributed by atoms with E-state index in [1.165, 1.54) is 18.2 Å². The van der Waals surface area contributed by atoms with Gasteiger partial charge < -0.3 is 5.32 Å². The number of hydrogen-bond donors (Lipinski definition) is 1. The lowest BCUT2D eigenvalue weighted by atomic mass is 10.0. The molecule has 0 aliphatic heterocycles. The van der Waals surface area contributed by atoms with Crippen LogP contribution in [0.2, 0.25) is 0 Å². The van der Waals surface area contributed by atoms with Crippen LogP contribution in [0.1, 0.15) is 29.1 Å². The minimum Gasteiger partial charge on any atom is -0.306 e. The molecule has 1 heterocycles. The van der Waals surface area contributed by atoms with Crippen LogP contribution < -0.4 is 5.32 Å². The first kappa shape index (κ1) is 13.0. The molecule has 0 saturated heterocycles. The van der Waals surface area contributed by atoms with Crippen molar-refractivity contribution in [1.82, 2.24) is 14.9 Å². The lowest BCUT2D eigenvalue weighted by molar-refractivity contribution is 0.512. The molecule has 1 aromatic carbocycles. The van der Waals surface area contributed by atoms with Crippen LogP contribution in [0.4, 0.5) is 8.78 Å². The maximum Gasteiger partial charge on any atom is 0.131 e. The molecule has 6 heteroatoms. The van der Waals surface area contributed by atoms with Gasteiger partial charge in [-0.2, -0.15) is 0 Å². The van der Waals surface area contributed by atoms with E-state index < -0.39 is 17.7 Å². The molecule has 1 unspecified atom stereocenters. The van der Waals surface area contributed by atoms with E-state index >= 15 is 0 Å². The summed E-state index contributed by atoms with van der Waals surface area (Å²) in [5.41, 5.74) is 0.710. The zero-order valence-corrected chi connectivity index (χ0v) is 10.9. The molecule has 2 aromatic rings. The summed E-state index contributed by atoms with van der Waals surface area (Å²) in [6.45, 7) is 4.26. The minimum atomic E-state index is -0.561. The van der Waals surface area contributed by atoms with Crippen molar-refractivity contribution in [2.45, 2.75) is 19.9 Å². The van der Waals surface area contributed by atoms with Crippen LogP contribution in [-0.4, -0.2) is 16.1 Å². The first-order valence-corrected chi connectivity index (χ1v) is 6.38. The highest BCUT2D eigenvalue weighted by molar-refractivity contribution is 7.05. The van der Waals surface area contributed by atoms with Gasteiger partial charge in [-0.05, 0) is 37.1 Å². The minimum absolute atomic E-state index is 0.0218. The monoisotopic (exact) mass is 269 g/mol. The molecule has 0 spiro atoms. The summed E-state index contributed by atoms with van der Waals surface area (Å²) in [5.74, 6) is -1.12. The van der Waals surface area contributed by atoms with Crippen molar-refractivity contribution in [3.8, 4) is 0 Å². The summed E-state index contributed by atoms with van der Waals surface area (Å²) in [5, 5.41) is 6.96. The highest BCUT2D eigenvalue weighted by atomic mass is 32.1. The van der Waals surface area contributed by atoms with Crippen LogP contribution in [0, 0.1) is 18.6 Å². The number of hydrogen-bond acceptors (Lipinski definition) is 4. The first-order chi connectivity index (χ1) is 8.65. The second kappa shape index (κ2) is 5.49. The molecular weight excluding hydrogens is 256 g/mol. The lowest BCUT2D eigenvalue weighted by Gasteiger charge is -2.18. The van der Waals surface area contributed by atoms with Crippen LogP contribution in [0.3, 0.4) is 0 Å². The zero-order valence-electron chi connectivity index (χ0n) is 10.1. The number of halogens is 2. The smallest absolute Gasteiger partial charge is 0.131 e. The zero-order chi connectivity index (χ0) is 13.1. The van der Waals surface area contributed by atoms with E-state index in [1.807, 2.05) is 6.92 Å². The predicted octanol–water partition coefficient (Wildman–Crippen LogP) is 2.82. The SMILES string of the molecule is CCNC(c1snnc1C)c1c(F)cccc1F. The average Bonchev–Trinajstić information content (AvgIpc) is 2.74. The van der Waals surface area contributed by atoms with Crippen molar-refractivity contribution < 1.29 is 8.78 Å². The molecular formula is C12H13F2N3S. The van der Waals surface area contributed by atoms with E-state index in [0.717, 1.165) is 16.4 Å². The van der Waals surface area contributed by atoms with Gasteiger partial charge in [-0.15, -0.1) is 5.10 Å².